The molecule has 1 aliphatic carbocycles. The zero-order valence-electron chi connectivity index (χ0n) is 5.92. The van der Waals surface area contributed by atoms with Crippen LogP contribution in [0.25, 0.3) is 6.08 Å². The molecule has 0 aromatic heterocycles. The summed E-state index contributed by atoms with van der Waals surface area (Å²) in [6.45, 7) is 0. The largest absolute Gasteiger partial charge is 0.321 e. The smallest absolute Gasteiger partial charge is 0.0490 e. The van der Waals surface area contributed by atoms with Crippen LogP contribution in [0.3, 0.4) is 0 Å². The molecule has 0 heterocycles. The van der Waals surface area contributed by atoms with E-state index in [4.69, 9.17) is 5.73 Å². The molecule has 1 aliphatic rings. The van der Waals surface area contributed by atoms with E-state index in [9.17, 15) is 0 Å². The molecule has 0 saturated heterocycles. The molecule has 0 saturated carbocycles. The van der Waals surface area contributed by atoms with Gasteiger partial charge in [0.25, 0.3) is 0 Å². The van der Waals surface area contributed by atoms with E-state index in [2.05, 4.69) is 34.1 Å². The topological polar surface area (TPSA) is 26.0 Å². The Hall–Kier alpha value is -0.600. The number of fused-ring (bicyclic) bond motifs is 1. The molecule has 0 aliphatic heterocycles. The lowest BCUT2D eigenvalue weighted by Crippen LogP contribution is -2.03. The van der Waals surface area contributed by atoms with Gasteiger partial charge in [-0.25, -0.2) is 0 Å². The van der Waals surface area contributed by atoms with Gasteiger partial charge < -0.3 is 5.73 Å². The molecule has 2 heteroatoms. The lowest BCUT2D eigenvalue weighted by molar-refractivity contribution is 0.930. The summed E-state index contributed by atoms with van der Waals surface area (Å²) in [7, 11) is 0. The standard InChI is InChI=1S/C9H8BrN/c10-7-2-3-8-6(5-7)1-4-9(8)11/h1-5,9H,11H2. The highest BCUT2D eigenvalue weighted by atomic mass is 79.9. The molecule has 0 spiro atoms. The van der Waals surface area contributed by atoms with E-state index in [0.29, 0.717) is 0 Å². The summed E-state index contributed by atoms with van der Waals surface area (Å²) in [5.41, 5.74) is 8.24. The molecule has 0 fully saturated rings. The van der Waals surface area contributed by atoms with E-state index >= 15 is 0 Å². The van der Waals surface area contributed by atoms with E-state index in [1.807, 2.05) is 12.1 Å². The molecule has 0 amide bonds. The van der Waals surface area contributed by atoms with E-state index in [1.54, 1.807) is 0 Å². The van der Waals surface area contributed by atoms with Crippen LogP contribution in [0.1, 0.15) is 17.2 Å². The van der Waals surface area contributed by atoms with Crippen LogP contribution >= 0.6 is 15.9 Å². The van der Waals surface area contributed by atoms with Crippen molar-refractivity contribution in [2.24, 2.45) is 5.73 Å². The third kappa shape index (κ3) is 1.12. The van der Waals surface area contributed by atoms with Gasteiger partial charge in [0, 0.05) is 10.5 Å². The maximum atomic E-state index is 5.79. The minimum Gasteiger partial charge on any atom is -0.321 e. The summed E-state index contributed by atoms with van der Waals surface area (Å²) in [4.78, 5) is 0. The highest BCUT2D eigenvalue weighted by molar-refractivity contribution is 9.10. The molecular weight excluding hydrogens is 202 g/mol. The van der Waals surface area contributed by atoms with Gasteiger partial charge in [0.1, 0.15) is 0 Å². The van der Waals surface area contributed by atoms with Gasteiger partial charge in [0.15, 0.2) is 0 Å². The van der Waals surface area contributed by atoms with Gasteiger partial charge >= 0.3 is 0 Å². The van der Waals surface area contributed by atoms with Crippen molar-refractivity contribution in [1.29, 1.82) is 0 Å². The minimum atomic E-state index is 0.0955. The Morgan fingerprint density at radius 3 is 3.00 bits per heavy atom. The average Bonchev–Trinajstić information content (AvgIpc) is 2.32. The van der Waals surface area contributed by atoms with Crippen LogP contribution in [0.2, 0.25) is 0 Å². The maximum absolute atomic E-state index is 5.79. The van der Waals surface area contributed by atoms with E-state index in [0.717, 1.165) is 4.47 Å². The first-order chi connectivity index (χ1) is 5.27. The van der Waals surface area contributed by atoms with Crippen LogP contribution in [-0.2, 0) is 0 Å². The van der Waals surface area contributed by atoms with Crippen molar-refractivity contribution in [2.75, 3.05) is 0 Å². The number of hydrogen-bond acceptors (Lipinski definition) is 1. The molecule has 1 unspecified atom stereocenters. The Kier molecular flexibility index (Phi) is 1.59. The number of hydrogen-bond donors (Lipinski definition) is 1. The molecule has 0 radical (unpaired) electrons. The van der Waals surface area contributed by atoms with Gasteiger partial charge in [0.2, 0.25) is 0 Å². The number of rotatable bonds is 0. The van der Waals surface area contributed by atoms with Crippen LogP contribution in [0, 0.1) is 0 Å². The summed E-state index contributed by atoms with van der Waals surface area (Å²) < 4.78 is 1.11. The van der Waals surface area contributed by atoms with Crippen molar-refractivity contribution in [3.05, 3.63) is 39.9 Å². The lowest BCUT2D eigenvalue weighted by Gasteiger charge is -2.03. The normalized spacial score (nSPS) is 20.4. The fourth-order valence-corrected chi connectivity index (χ4v) is 1.68. The van der Waals surface area contributed by atoms with Crippen LogP contribution < -0.4 is 5.73 Å². The SMILES string of the molecule is NC1C=Cc2cc(Br)ccc21. The molecule has 1 aromatic rings. The maximum Gasteiger partial charge on any atom is 0.0490 e. The Bertz CT molecular complexity index is 317. The van der Waals surface area contributed by atoms with Crippen LogP contribution in [-0.4, -0.2) is 0 Å². The van der Waals surface area contributed by atoms with Crippen molar-refractivity contribution in [3.8, 4) is 0 Å². The van der Waals surface area contributed by atoms with Crippen LogP contribution in [0.5, 0.6) is 0 Å². The van der Waals surface area contributed by atoms with E-state index < -0.39 is 0 Å². The molecule has 1 aromatic carbocycles. The summed E-state index contributed by atoms with van der Waals surface area (Å²) >= 11 is 3.41. The molecule has 2 N–H and O–H groups in total. The summed E-state index contributed by atoms with van der Waals surface area (Å²) in [6.07, 6.45) is 4.07. The Balaban J connectivity index is 2.58. The summed E-state index contributed by atoms with van der Waals surface area (Å²) in [5, 5.41) is 0. The quantitative estimate of drug-likeness (QED) is 0.699. The van der Waals surface area contributed by atoms with Gasteiger partial charge in [-0.1, -0.05) is 34.1 Å². The average molecular weight is 210 g/mol. The predicted octanol–water partition coefficient (Wildman–Crippen LogP) is 2.48. The van der Waals surface area contributed by atoms with Gasteiger partial charge in [-0.2, -0.15) is 0 Å². The molecule has 1 nitrogen and oxygen atoms in total. The Labute approximate surface area is 74.0 Å². The van der Waals surface area contributed by atoms with Crippen molar-refractivity contribution in [3.63, 3.8) is 0 Å². The minimum absolute atomic E-state index is 0.0955. The second-order valence-electron chi connectivity index (χ2n) is 2.66. The molecule has 1 atom stereocenters. The second kappa shape index (κ2) is 2.47. The molecule has 56 valence electrons. The molecule has 0 bridgehead atoms. The summed E-state index contributed by atoms with van der Waals surface area (Å²) in [6, 6.07) is 6.26. The monoisotopic (exact) mass is 209 g/mol. The third-order valence-electron chi connectivity index (χ3n) is 1.89. The van der Waals surface area contributed by atoms with E-state index in [-0.39, 0.29) is 6.04 Å². The highest BCUT2D eigenvalue weighted by Gasteiger charge is 2.11. The first-order valence-corrected chi connectivity index (χ1v) is 4.30. The van der Waals surface area contributed by atoms with Crippen molar-refractivity contribution < 1.29 is 0 Å². The highest BCUT2D eigenvalue weighted by Crippen LogP contribution is 2.28. The predicted molar refractivity (Wildman–Crippen MR) is 50.1 cm³/mol. The first kappa shape index (κ1) is 7.07. The number of halogens is 1. The van der Waals surface area contributed by atoms with Crippen molar-refractivity contribution in [2.45, 2.75) is 6.04 Å². The fourth-order valence-electron chi connectivity index (χ4n) is 1.30. The second-order valence-corrected chi connectivity index (χ2v) is 3.57. The zero-order chi connectivity index (χ0) is 7.84. The van der Waals surface area contributed by atoms with Gasteiger partial charge in [0.05, 0.1) is 0 Å². The van der Waals surface area contributed by atoms with Crippen molar-refractivity contribution >= 4 is 22.0 Å². The Morgan fingerprint density at radius 1 is 1.36 bits per heavy atom. The molecular formula is C9H8BrN. The van der Waals surface area contributed by atoms with Crippen molar-refractivity contribution in [1.82, 2.24) is 0 Å². The molecule has 11 heavy (non-hydrogen) atoms. The van der Waals surface area contributed by atoms with Crippen LogP contribution in [0.4, 0.5) is 0 Å². The number of nitrogens with two attached hydrogens (primary N) is 1. The van der Waals surface area contributed by atoms with Gasteiger partial charge in [-0.05, 0) is 23.3 Å². The first-order valence-electron chi connectivity index (χ1n) is 3.50. The Morgan fingerprint density at radius 2 is 2.18 bits per heavy atom. The zero-order valence-corrected chi connectivity index (χ0v) is 7.51. The lowest BCUT2D eigenvalue weighted by atomic mass is 10.1. The third-order valence-corrected chi connectivity index (χ3v) is 2.38. The number of benzene rings is 1. The van der Waals surface area contributed by atoms with Crippen LogP contribution in [0.15, 0.2) is 28.7 Å². The van der Waals surface area contributed by atoms with Gasteiger partial charge in [-0.15, -0.1) is 0 Å². The fraction of sp³-hybridized carbons (Fsp3) is 0.111. The van der Waals surface area contributed by atoms with E-state index in [1.165, 1.54) is 11.1 Å². The summed E-state index contributed by atoms with van der Waals surface area (Å²) in [5.74, 6) is 0. The molecule has 2 rings (SSSR count). The van der Waals surface area contributed by atoms with Gasteiger partial charge in [-0.3, -0.25) is 0 Å².